The van der Waals surface area contributed by atoms with Crippen LogP contribution in [0.5, 0.6) is 0 Å². The second-order valence-electron chi connectivity index (χ2n) is 6.71. The van der Waals surface area contributed by atoms with E-state index in [-0.39, 0.29) is 11.8 Å². The van der Waals surface area contributed by atoms with Gasteiger partial charge in [0, 0.05) is 48.1 Å². The van der Waals surface area contributed by atoms with Crippen molar-refractivity contribution in [2.24, 2.45) is 0 Å². The molecule has 1 aliphatic heterocycles. The smallest absolute Gasteiger partial charge is 0.313 e. The minimum absolute atomic E-state index is 0.0990. The zero-order valence-electron chi connectivity index (χ0n) is 15.4. The molecule has 7 nitrogen and oxygen atoms in total. The maximum absolute atomic E-state index is 12.4. The van der Waals surface area contributed by atoms with Crippen LogP contribution in [0.25, 0.3) is 11.5 Å². The lowest BCUT2D eigenvalue weighted by Crippen LogP contribution is -2.44. The zero-order valence-corrected chi connectivity index (χ0v) is 16.2. The van der Waals surface area contributed by atoms with E-state index >= 15 is 0 Å². The van der Waals surface area contributed by atoms with Gasteiger partial charge in [-0.15, -0.1) is 10.2 Å². The molecule has 0 bridgehead atoms. The number of aromatic nitrogens is 2. The topological polar surface area (TPSA) is 74.5 Å². The summed E-state index contributed by atoms with van der Waals surface area (Å²) in [5, 5.41) is 11.1. The molecule has 0 unspecified atom stereocenters. The van der Waals surface area contributed by atoms with Gasteiger partial charge in [-0.1, -0.05) is 17.7 Å². The van der Waals surface area contributed by atoms with Crippen molar-refractivity contribution < 1.29 is 9.21 Å². The van der Waals surface area contributed by atoms with E-state index < -0.39 is 5.91 Å². The van der Waals surface area contributed by atoms with Crippen LogP contribution in [-0.2, 0) is 0 Å². The summed E-state index contributed by atoms with van der Waals surface area (Å²) in [4.78, 5) is 17.0. The van der Waals surface area contributed by atoms with Crippen LogP contribution in [0.1, 0.15) is 10.7 Å². The van der Waals surface area contributed by atoms with Crippen molar-refractivity contribution >= 4 is 28.9 Å². The Balaban J connectivity index is 1.41. The van der Waals surface area contributed by atoms with Gasteiger partial charge in [-0.3, -0.25) is 4.79 Å². The van der Waals surface area contributed by atoms with Gasteiger partial charge in [0.25, 0.3) is 0 Å². The number of carbonyl (C=O) groups excluding carboxylic acids is 1. The lowest BCUT2D eigenvalue weighted by molar-refractivity contribution is 0.0991. The molecule has 0 aliphatic carbocycles. The normalized spacial score (nSPS) is 14.9. The van der Waals surface area contributed by atoms with Gasteiger partial charge in [0.2, 0.25) is 5.89 Å². The molecule has 3 aromatic rings. The fourth-order valence-corrected chi connectivity index (χ4v) is 3.25. The fourth-order valence-electron chi connectivity index (χ4n) is 3.06. The molecule has 1 saturated heterocycles. The highest BCUT2D eigenvalue weighted by atomic mass is 35.5. The molecule has 28 heavy (non-hydrogen) atoms. The van der Waals surface area contributed by atoms with Crippen LogP contribution < -0.4 is 10.2 Å². The van der Waals surface area contributed by atoms with Gasteiger partial charge in [0.1, 0.15) is 0 Å². The van der Waals surface area contributed by atoms with E-state index in [1.165, 1.54) is 0 Å². The molecule has 144 valence electrons. The maximum Gasteiger partial charge on any atom is 0.313 e. The molecular weight excluding hydrogens is 378 g/mol. The van der Waals surface area contributed by atoms with Gasteiger partial charge < -0.3 is 19.5 Å². The number of hydrogen-bond donors (Lipinski definition) is 1. The van der Waals surface area contributed by atoms with Crippen molar-refractivity contribution in [3.8, 4) is 11.5 Å². The average molecular weight is 398 g/mol. The molecular formula is C20H20ClN5O2. The largest absolute Gasteiger partial charge is 0.412 e. The molecule has 0 saturated carbocycles. The van der Waals surface area contributed by atoms with Crippen molar-refractivity contribution in [1.82, 2.24) is 15.1 Å². The van der Waals surface area contributed by atoms with Gasteiger partial charge in [-0.25, -0.2) is 0 Å². The molecule has 2 aromatic carbocycles. The first-order chi connectivity index (χ1) is 13.6. The predicted octanol–water partition coefficient (Wildman–Crippen LogP) is 3.39. The molecule has 0 atom stereocenters. The van der Waals surface area contributed by atoms with E-state index in [9.17, 15) is 4.79 Å². The maximum atomic E-state index is 12.4. The van der Waals surface area contributed by atoms with E-state index in [1.807, 2.05) is 24.3 Å². The number of benzene rings is 2. The van der Waals surface area contributed by atoms with Crippen LogP contribution in [0, 0.1) is 0 Å². The quantitative estimate of drug-likeness (QED) is 0.727. The molecule has 1 aromatic heterocycles. The monoisotopic (exact) mass is 397 g/mol. The van der Waals surface area contributed by atoms with Crippen LogP contribution in [-0.4, -0.2) is 54.2 Å². The Hall–Kier alpha value is -2.90. The summed E-state index contributed by atoms with van der Waals surface area (Å²) < 4.78 is 5.48. The number of halogens is 1. The molecule has 0 radical (unpaired) electrons. The van der Waals surface area contributed by atoms with Gasteiger partial charge in [0.15, 0.2) is 0 Å². The van der Waals surface area contributed by atoms with E-state index in [4.69, 9.17) is 16.0 Å². The Kier molecular flexibility index (Phi) is 5.27. The third kappa shape index (κ3) is 4.16. The second kappa shape index (κ2) is 8.00. The summed E-state index contributed by atoms with van der Waals surface area (Å²) in [6.07, 6.45) is 0. The van der Waals surface area contributed by atoms with Crippen LogP contribution in [0.3, 0.4) is 0 Å². The number of rotatable bonds is 4. The minimum atomic E-state index is -0.451. The van der Waals surface area contributed by atoms with Crippen molar-refractivity contribution in [1.29, 1.82) is 0 Å². The summed E-state index contributed by atoms with van der Waals surface area (Å²) in [5.74, 6) is -0.302. The number of nitrogens with zero attached hydrogens (tertiary/aromatic N) is 4. The molecule has 4 rings (SSSR count). The Morgan fingerprint density at radius 1 is 1.07 bits per heavy atom. The highest BCUT2D eigenvalue weighted by Crippen LogP contribution is 2.23. The standard InChI is InChI=1S/C20H20ClN5O2/c1-25-9-11-26(12-10-25)17-7-5-16(6-8-17)22-18(27)20-24-23-19(28-20)14-3-2-4-15(21)13-14/h2-8,13H,9-12H2,1H3,(H,22,27). The zero-order chi connectivity index (χ0) is 19.5. The number of piperazine rings is 1. The van der Waals surface area contributed by atoms with E-state index in [2.05, 4.69) is 32.4 Å². The predicted molar refractivity (Wildman–Crippen MR) is 109 cm³/mol. The van der Waals surface area contributed by atoms with Crippen LogP contribution in [0.15, 0.2) is 52.9 Å². The number of amides is 1. The molecule has 1 amide bonds. The lowest BCUT2D eigenvalue weighted by atomic mass is 10.2. The molecule has 1 N–H and O–H groups in total. The average Bonchev–Trinajstić information content (AvgIpc) is 3.20. The van der Waals surface area contributed by atoms with Crippen molar-refractivity contribution in [3.05, 3.63) is 59.4 Å². The van der Waals surface area contributed by atoms with Crippen LogP contribution in [0.4, 0.5) is 11.4 Å². The van der Waals surface area contributed by atoms with E-state index in [0.717, 1.165) is 31.9 Å². The van der Waals surface area contributed by atoms with Crippen molar-refractivity contribution in [3.63, 3.8) is 0 Å². The SMILES string of the molecule is CN1CCN(c2ccc(NC(=O)c3nnc(-c4cccc(Cl)c4)o3)cc2)CC1. The summed E-state index contributed by atoms with van der Waals surface area (Å²) in [6, 6.07) is 14.8. The number of anilines is 2. The van der Waals surface area contributed by atoms with Crippen LogP contribution in [0.2, 0.25) is 5.02 Å². The molecule has 0 spiro atoms. The second-order valence-corrected chi connectivity index (χ2v) is 7.15. The number of carbonyl (C=O) groups is 1. The summed E-state index contributed by atoms with van der Waals surface area (Å²) in [6.45, 7) is 4.09. The van der Waals surface area contributed by atoms with Crippen molar-refractivity contribution in [2.45, 2.75) is 0 Å². The molecule has 1 fully saturated rings. The highest BCUT2D eigenvalue weighted by Gasteiger charge is 2.17. The number of nitrogens with one attached hydrogen (secondary N) is 1. The first kappa shape index (κ1) is 18.5. The summed E-state index contributed by atoms with van der Waals surface area (Å²) in [5.41, 5.74) is 2.48. The number of likely N-dealkylation sites (N-methyl/N-ethyl adjacent to an activating group) is 1. The highest BCUT2D eigenvalue weighted by molar-refractivity contribution is 6.30. The first-order valence-electron chi connectivity index (χ1n) is 9.03. The van der Waals surface area contributed by atoms with Gasteiger partial charge >= 0.3 is 11.8 Å². The van der Waals surface area contributed by atoms with E-state index in [0.29, 0.717) is 16.3 Å². The summed E-state index contributed by atoms with van der Waals surface area (Å²) in [7, 11) is 2.13. The van der Waals surface area contributed by atoms with Gasteiger partial charge in [-0.2, -0.15) is 0 Å². The van der Waals surface area contributed by atoms with E-state index in [1.54, 1.807) is 24.3 Å². The van der Waals surface area contributed by atoms with Crippen LogP contribution >= 0.6 is 11.6 Å². The minimum Gasteiger partial charge on any atom is -0.412 e. The third-order valence-corrected chi connectivity index (χ3v) is 4.92. The molecule has 2 heterocycles. The Labute approximate surface area is 167 Å². The summed E-state index contributed by atoms with van der Waals surface area (Å²) >= 11 is 5.97. The Bertz CT molecular complexity index is 965. The van der Waals surface area contributed by atoms with Gasteiger partial charge in [-0.05, 0) is 49.5 Å². The van der Waals surface area contributed by atoms with Crippen molar-refractivity contribution in [2.75, 3.05) is 43.4 Å². The first-order valence-corrected chi connectivity index (χ1v) is 9.40. The third-order valence-electron chi connectivity index (χ3n) is 4.68. The Morgan fingerprint density at radius 3 is 2.54 bits per heavy atom. The molecule has 1 aliphatic rings. The fraction of sp³-hybridized carbons (Fsp3) is 0.250. The number of hydrogen-bond acceptors (Lipinski definition) is 6. The Morgan fingerprint density at radius 2 is 1.82 bits per heavy atom. The van der Waals surface area contributed by atoms with Gasteiger partial charge in [0.05, 0.1) is 0 Å². The lowest BCUT2D eigenvalue weighted by Gasteiger charge is -2.34. The molecule has 8 heteroatoms.